The molecule has 7 nitrogen and oxygen atoms in total. The van der Waals surface area contributed by atoms with E-state index in [4.69, 9.17) is 31.4 Å². The first kappa shape index (κ1) is 23.4. The summed E-state index contributed by atoms with van der Waals surface area (Å²) in [7, 11) is 0. The highest BCUT2D eigenvalue weighted by atomic mass is 35.5. The number of nitrogen functional groups attached to an aromatic ring is 3. The number of halogens is 3. The molecule has 0 radical (unpaired) electrons. The van der Waals surface area contributed by atoms with Crippen LogP contribution in [0.3, 0.4) is 0 Å². The number of ether oxygens (including phenoxy) is 3. The Balaban J connectivity index is 0.00000306. The van der Waals surface area contributed by atoms with Gasteiger partial charge in [0.05, 0.1) is 0 Å². The minimum atomic E-state index is -1.15. The van der Waals surface area contributed by atoms with Crippen molar-refractivity contribution in [2.75, 3.05) is 17.2 Å². The van der Waals surface area contributed by atoms with Crippen LogP contribution in [-0.4, -0.2) is 4.98 Å². The third kappa shape index (κ3) is 5.52. The molecule has 4 aromatic rings. The molecule has 1 aromatic heterocycles. The number of hydrogen-bond donors (Lipinski definition) is 3. The van der Waals surface area contributed by atoms with Crippen molar-refractivity contribution in [3.63, 3.8) is 0 Å². The molecule has 0 saturated carbocycles. The van der Waals surface area contributed by atoms with E-state index in [0.717, 1.165) is 0 Å². The van der Waals surface area contributed by atoms with E-state index >= 15 is 8.78 Å². The van der Waals surface area contributed by atoms with Crippen LogP contribution < -0.4 is 31.4 Å². The first-order chi connectivity index (χ1) is 15.4. The summed E-state index contributed by atoms with van der Waals surface area (Å²) < 4.78 is 46.8. The SMILES string of the molecule is Cl.Nc1ccc(Oc2nc(Oc3ccc(N)cc3)c(F)c(Oc3ccc(N)cc3)c2F)cc1. The number of rotatable bonds is 6. The number of aromatic nitrogens is 1. The van der Waals surface area contributed by atoms with E-state index in [1.807, 2.05) is 0 Å². The average molecular weight is 473 g/mol. The Morgan fingerprint density at radius 3 is 1.15 bits per heavy atom. The van der Waals surface area contributed by atoms with E-state index in [1.54, 1.807) is 24.3 Å². The average Bonchev–Trinajstić information content (AvgIpc) is 2.79. The van der Waals surface area contributed by atoms with Crippen LogP contribution in [0.25, 0.3) is 0 Å². The van der Waals surface area contributed by atoms with Gasteiger partial charge >= 0.3 is 0 Å². The summed E-state index contributed by atoms with van der Waals surface area (Å²) in [6.45, 7) is 0. The summed E-state index contributed by atoms with van der Waals surface area (Å²) >= 11 is 0. The fraction of sp³-hybridized carbons (Fsp3) is 0. The lowest BCUT2D eigenvalue weighted by molar-refractivity contribution is 0.338. The molecular formula is C23H19ClF2N4O3. The Morgan fingerprint density at radius 2 is 0.818 bits per heavy atom. The fourth-order valence-corrected chi connectivity index (χ4v) is 2.65. The minimum absolute atomic E-state index is 0. The molecule has 6 N–H and O–H groups in total. The lowest BCUT2D eigenvalue weighted by Gasteiger charge is -2.15. The van der Waals surface area contributed by atoms with Crippen molar-refractivity contribution in [2.45, 2.75) is 0 Å². The number of benzene rings is 3. The summed E-state index contributed by atoms with van der Waals surface area (Å²) in [5, 5.41) is 0. The van der Waals surface area contributed by atoms with E-state index in [9.17, 15) is 0 Å². The van der Waals surface area contributed by atoms with Gasteiger partial charge in [0.25, 0.3) is 11.8 Å². The van der Waals surface area contributed by atoms with Gasteiger partial charge < -0.3 is 31.4 Å². The number of hydrogen-bond acceptors (Lipinski definition) is 7. The lowest BCUT2D eigenvalue weighted by Crippen LogP contribution is -2.03. The van der Waals surface area contributed by atoms with Gasteiger partial charge in [-0.2, -0.15) is 13.8 Å². The lowest BCUT2D eigenvalue weighted by atomic mass is 10.3. The molecule has 3 aromatic carbocycles. The normalized spacial score (nSPS) is 10.2. The Morgan fingerprint density at radius 1 is 0.515 bits per heavy atom. The van der Waals surface area contributed by atoms with Crippen LogP contribution in [0.1, 0.15) is 0 Å². The molecule has 0 aliphatic rings. The smallest absolute Gasteiger partial charge is 0.263 e. The Kier molecular flexibility index (Phi) is 7.04. The fourth-order valence-electron chi connectivity index (χ4n) is 2.65. The highest BCUT2D eigenvalue weighted by molar-refractivity contribution is 5.85. The zero-order valence-electron chi connectivity index (χ0n) is 17.0. The minimum Gasteiger partial charge on any atom is -0.451 e. The van der Waals surface area contributed by atoms with Crippen LogP contribution in [0.5, 0.6) is 34.8 Å². The summed E-state index contributed by atoms with van der Waals surface area (Å²) in [5.41, 5.74) is 18.4. The first-order valence-corrected chi connectivity index (χ1v) is 9.38. The van der Waals surface area contributed by atoms with Crippen molar-refractivity contribution in [1.82, 2.24) is 4.98 Å². The number of pyridine rings is 1. The third-order valence-corrected chi connectivity index (χ3v) is 4.27. The van der Waals surface area contributed by atoms with Crippen LogP contribution in [0.2, 0.25) is 0 Å². The third-order valence-electron chi connectivity index (χ3n) is 4.27. The highest BCUT2D eigenvalue weighted by Crippen LogP contribution is 2.39. The van der Waals surface area contributed by atoms with E-state index in [0.29, 0.717) is 17.1 Å². The zero-order valence-corrected chi connectivity index (χ0v) is 17.8. The standard InChI is InChI=1S/C23H18F2N4O3.ClH/c24-19-21(30-16-7-1-13(26)2-8-16)20(25)23(32-18-11-5-15(28)6-12-18)29-22(19)31-17-9-3-14(27)4-10-17;/h1-12H,26-28H2;1H. The molecule has 0 atom stereocenters. The van der Waals surface area contributed by atoms with Gasteiger partial charge in [0, 0.05) is 17.1 Å². The zero-order chi connectivity index (χ0) is 22.7. The molecule has 0 fully saturated rings. The monoisotopic (exact) mass is 472 g/mol. The second-order valence-corrected chi connectivity index (χ2v) is 6.69. The molecule has 0 amide bonds. The molecule has 0 unspecified atom stereocenters. The predicted molar refractivity (Wildman–Crippen MR) is 124 cm³/mol. The van der Waals surface area contributed by atoms with Gasteiger partial charge in [-0.1, -0.05) is 0 Å². The molecule has 0 saturated heterocycles. The van der Waals surface area contributed by atoms with Crippen molar-refractivity contribution >= 4 is 29.5 Å². The van der Waals surface area contributed by atoms with Crippen molar-refractivity contribution in [3.05, 3.63) is 84.4 Å². The quantitative estimate of drug-likeness (QED) is 0.299. The molecule has 0 bridgehead atoms. The highest BCUT2D eigenvalue weighted by Gasteiger charge is 2.26. The molecule has 0 aliphatic heterocycles. The molecule has 1 heterocycles. The van der Waals surface area contributed by atoms with Gasteiger partial charge in [0.15, 0.2) is 0 Å². The predicted octanol–water partition coefficient (Wildman–Crippen LogP) is 5.91. The number of anilines is 3. The second-order valence-electron chi connectivity index (χ2n) is 6.69. The van der Waals surface area contributed by atoms with Crippen molar-refractivity contribution in [1.29, 1.82) is 0 Å². The Labute approximate surface area is 194 Å². The van der Waals surface area contributed by atoms with Crippen molar-refractivity contribution in [2.24, 2.45) is 0 Å². The van der Waals surface area contributed by atoms with Crippen LogP contribution >= 0.6 is 12.4 Å². The molecule has 4 rings (SSSR count). The van der Waals surface area contributed by atoms with Gasteiger partial charge in [-0.15, -0.1) is 12.4 Å². The van der Waals surface area contributed by atoms with Gasteiger partial charge in [0.2, 0.25) is 17.4 Å². The molecule has 33 heavy (non-hydrogen) atoms. The summed E-state index contributed by atoms with van der Waals surface area (Å²) in [5.74, 6) is -3.54. The van der Waals surface area contributed by atoms with Gasteiger partial charge in [0.1, 0.15) is 17.2 Å². The van der Waals surface area contributed by atoms with Crippen molar-refractivity contribution in [3.8, 4) is 34.8 Å². The van der Waals surface area contributed by atoms with Crippen molar-refractivity contribution < 1.29 is 23.0 Å². The topological polar surface area (TPSA) is 119 Å². The maximum absolute atomic E-state index is 15.2. The first-order valence-electron chi connectivity index (χ1n) is 9.38. The maximum Gasteiger partial charge on any atom is 0.263 e. The summed E-state index contributed by atoms with van der Waals surface area (Å²) in [6.07, 6.45) is 0. The molecule has 0 aliphatic carbocycles. The van der Waals surface area contributed by atoms with Crippen LogP contribution in [0, 0.1) is 11.6 Å². The van der Waals surface area contributed by atoms with E-state index in [-0.39, 0.29) is 29.7 Å². The second kappa shape index (κ2) is 9.92. The maximum atomic E-state index is 15.2. The Hall–Kier alpha value is -4.24. The largest absolute Gasteiger partial charge is 0.451 e. The summed E-state index contributed by atoms with van der Waals surface area (Å²) in [6, 6.07) is 18.3. The molecular weight excluding hydrogens is 454 g/mol. The van der Waals surface area contributed by atoms with Gasteiger partial charge in [-0.3, -0.25) is 0 Å². The van der Waals surface area contributed by atoms with Crippen LogP contribution in [0.4, 0.5) is 25.8 Å². The number of nitrogens with zero attached hydrogens (tertiary/aromatic N) is 1. The summed E-state index contributed by atoms with van der Waals surface area (Å²) in [4.78, 5) is 3.87. The van der Waals surface area contributed by atoms with Gasteiger partial charge in [-0.25, -0.2) is 0 Å². The van der Waals surface area contributed by atoms with Crippen LogP contribution in [0.15, 0.2) is 72.8 Å². The van der Waals surface area contributed by atoms with Gasteiger partial charge in [-0.05, 0) is 72.8 Å². The van der Waals surface area contributed by atoms with E-state index < -0.39 is 29.1 Å². The molecule has 10 heteroatoms. The van der Waals surface area contributed by atoms with E-state index in [1.165, 1.54) is 48.5 Å². The Bertz CT molecular complexity index is 1170. The van der Waals surface area contributed by atoms with E-state index in [2.05, 4.69) is 4.98 Å². The molecule has 170 valence electrons. The number of nitrogens with two attached hydrogens (primary N) is 3. The van der Waals surface area contributed by atoms with Crippen LogP contribution in [-0.2, 0) is 0 Å². The molecule has 0 spiro atoms.